The lowest BCUT2D eigenvalue weighted by molar-refractivity contribution is 0.270. The van der Waals surface area contributed by atoms with Crippen molar-refractivity contribution in [2.45, 2.75) is 0 Å². The molecule has 82 valence electrons. The zero-order valence-corrected chi connectivity index (χ0v) is 10.5. The molecule has 0 fully saturated rings. The average molecular weight is 266 g/mol. The molecule has 0 saturated carbocycles. The Bertz CT molecular complexity index is 361. The van der Waals surface area contributed by atoms with Gasteiger partial charge in [-0.3, -0.25) is 4.79 Å². The summed E-state index contributed by atoms with van der Waals surface area (Å²) in [7, 11) is 1.48. The number of amides is 1. The van der Waals surface area contributed by atoms with E-state index < -0.39 is 0 Å². The van der Waals surface area contributed by atoms with Crippen molar-refractivity contribution in [2.75, 3.05) is 18.7 Å². The molecule has 6 heteroatoms. The van der Waals surface area contributed by atoms with Gasteiger partial charge >= 0.3 is 0 Å². The third-order valence-electron chi connectivity index (χ3n) is 1.63. The molecule has 15 heavy (non-hydrogen) atoms. The standard InChI is InChI=1S/C9H9Cl2NO2S/c1-14-8-6(10)3-5(4-7(8)11)12-9(13)15-2/h3-4H,1-2H3,(H,12,13). The van der Waals surface area contributed by atoms with Gasteiger partial charge in [0.05, 0.1) is 17.2 Å². The number of ether oxygens (including phenoxy) is 1. The third-order valence-corrected chi connectivity index (χ3v) is 2.67. The van der Waals surface area contributed by atoms with Gasteiger partial charge < -0.3 is 10.1 Å². The predicted molar refractivity (Wildman–Crippen MR) is 65.5 cm³/mol. The van der Waals surface area contributed by atoms with Crippen LogP contribution >= 0.6 is 35.0 Å². The molecule has 3 nitrogen and oxygen atoms in total. The summed E-state index contributed by atoms with van der Waals surface area (Å²) in [6.45, 7) is 0. The van der Waals surface area contributed by atoms with Gasteiger partial charge in [-0.1, -0.05) is 35.0 Å². The van der Waals surface area contributed by atoms with Gasteiger partial charge in [-0.2, -0.15) is 0 Å². The highest BCUT2D eigenvalue weighted by Gasteiger charge is 2.09. The van der Waals surface area contributed by atoms with Crippen molar-refractivity contribution in [3.63, 3.8) is 0 Å². The minimum atomic E-state index is -0.174. The number of halogens is 2. The van der Waals surface area contributed by atoms with Crippen LogP contribution in [0.25, 0.3) is 0 Å². The van der Waals surface area contributed by atoms with Gasteiger partial charge in [0.15, 0.2) is 5.75 Å². The second-order valence-electron chi connectivity index (χ2n) is 2.59. The van der Waals surface area contributed by atoms with E-state index in [9.17, 15) is 4.79 Å². The molecule has 0 aliphatic heterocycles. The maximum Gasteiger partial charge on any atom is 0.283 e. The van der Waals surface area contributed by atoms with Crippen LogP contribution in [0.15, 0.2) is 12.1 Å². The van der Waals surface area contributed by atoms with E-state index in [1.807, 2.05) is 0 Å². The fourth-order valence-corrected chi connectivity index (χ4v) is 1.86. The summed E-state index contributed by atoms with van der Waals surface area (Å²) in [4.78, 5) is 11.1. The lowest BCUT2D eigenvalue weighted by Gasteiger charge is -2.09. The summed E-state index contributed by atoms with van der Waals surface area (Å²) < 4.78 is 4.98. The quantitative estimate of drug-likeness (QED) is 0.882. The van der Waals surface area contributed by atoms with E-state index in [0.717, 1.165) is 11.8 Å². The molecular formula is C9H9Cl2NO2S. The zero-order chi connectivity index (χ0) is 11.4. The molecule has 0 spiro atoms. The van der Waals surface area contributed by atoms with Crippen LogP contribution in [-0.2, 0) is 0 Å². The molecule has 0 aromatic heterocycles. The first kappa shape index (κ1) is 12.5. The van der Waals surface area contributed by atoms with E-state index in [4.69, 9.17) is 27.9 Å². The summed E-state index contributed by atoms with van der Waals surface area (Å²) in [5, 5.41) is 3.18. The Morgan fingerprint density at radius 1 is 1.40 bits per heavy atom. The van der Waals surface area contributed by atoms with Crippen molar-refractivity contribution in [3.8, 4) is 5.75 Å². The largest absolute Gasteiger partial charge is 0.494 e. The van der Waals surface area contributed by atoms with Crippen LogP contribution in [0.5, 0.6) is 5.75 Å². The Morgan fingerprint density at radius 3 is 2.33 bits per heavy atom. The Balaban J connectivity index is 2.98. The van der Waals surface area contributed by atoms with Gasteiger partial charge in [0.1, 0.15) is 0 Å². The predicted octanol–water partition coefficient (Wildman–Crippen LogP) is 3.90. The molecule has 0 bridgehead atoms. The highest BCUT2D eigenvalue weighted by Crippen LogP contribution is 2.35. The number of methoxy groups -OCH3 is 1. The number of thioether (sulfide) groups is 1. The van der Waals surface area contributed by atoms with Gasteiger partial charge in [-0.15, -0.1) is 0 Å². The van der Waals surface area contributed by atoms with Crippen LogP contribution in [0.3, 0.4) is 0 Å². The van der Waals surface area contributed by atoms with Crippen molar-refractivity contribution in [1.82, 2.24) is 0 Å². The van der Waals surface area contributed by atoms with Crippen LogP contribution in [0.4, 0.5) is 10.5 Å². The van der Waals surface area contributed by atoms with Crippen LogP contribution in [-0.4, -0.2) is 18.6 Å². The maximum absolute atomic E-state index is 11.1. The SMILES string of the molecule is COc1c(Cl)cc(NC(=O)SC)cc1Cl. The van der Waals surface area contributed by atoms with Crippen molar-refractivity contribution in [2.24, 2.45) is 0 Å². The Labute approximate surface area is 102 Å². The Morgan fingerprint density at radius 2 is 1.93 bits per heavy atom. The topological polar surface area (TPSA) is 38.3 Å². The minimum Gasteiger partial charge on any atom is -0.494 e. The van der Waals surface area contributed by atoms with Crippen LogP contribution in [0.1, 0.15) is 0 Å². The molecule has 0 heterocycles. The molecule has 1 aromatic rings. The second-order valence-corrected chi connectivity index (χ2v) is 4.18. The molecule has 1 amide bonds. The molecular weight excluding hydrogens is 257 g/mol. The van der Waals surface area contributed by atoms with Crippen molar-refractivity contribution in [1.29, 1.82) is 0 Å². The lowest BCUT2D eigenvalue weighted by atomic mass is 10.3. The van der Waals surface area contributed by atoms with Gasteiger partial charge in [0.2, 0.25) is 0 Å². The second kappa shape index (κ2) is 5.49. The fourth-order valence-electron chi connectivity index (χ4n) is 0.996. The Hall–Kier alpha value is -0.580. The Kier molecular flexibility index (Phi) is 4.57. The van der Waals surface area contributed by atoms with Gasteiger partial charge in [0.25, 0.3) is 5.24 Å². The summed E-state index contributed by atoms with van der Waals surface area (Å²) in [6, 6.07) is 3.17. The maximum atomic E-state index is 11.1. The highest BCUT2D eigenvalue weighted by molar-refractivity contribution is 8.13. The molecule has 1 aromatic carbocycles. The van der Waals surface area contributed by atoms with Crippen LogP contribution in [0, 0.1) is 0 Å². The molecule has 0 unspecified atom stereocenters. The van der Waals surface area contributed by atoms with E-state index in [1.165, 1.54) is 7.11 Å². The van der Waals surface area contributed by atoms with Gasteiger partial charge in [-0.25, -0.2) is 0 Å². The number of benzene rings is 1. The van der Waals surface area contributed by atoms with E-state index in [1.54, 1.807) is 18.4 Å². The average Bonchev–Trinajstić information content (AvgIpc) is 2.17. The summed E-state index contributed by atoms with van der Waals surface area (Å²) in [5.74, 6) is 0.403. The lowest BCUT2D eigenvalue weighted by Crippen LogP contribution is -2.04. The number of anilines is 1. The molecule has 0 aliphatic carbocycles. The van der Waals surface area contributed by atoms with E-state index in [0.29, 0.717) is 21.5 Å². The number of rotatable bonds is 2. The van der Waals surface area contributed by atoms with Crippen LogP contribution < -0.4 is 10.1 Å². The van der Waals surface area contributed by atoms with Gasteiger partial charge in [0, 0.05) is 5.69 Å². The van der Waals surface area contributed by atoms with E-state index in [2.05, 4.69) is 5.32 Å². The first-order valence-corrected chi connectivity index (χ1v) is 5.94. The smallest absolute Gasteiger partial charge is 0.283 e. The fraction of sp³-hybridized carbons (Fsp3) is 0.222. The number of hydrogen-bond acceptors (Lipinski definition) is 3. The highest BCUT2D eigenvalue weighted by atomic mass is 35.5. The van der Waals surface area contributed by atoms with Gasteiger partial charge in [-0.05, 0) is 18.4 Å². The van der Waals surface area contributed by atoms with E-state index in [-0.39, 0.29) is 5.24 Å². The molecule has 1 rings (SSSR count). The van der Waals surface area contributed by atoms with Crippen molar-refractivity contribution >= 4 is 45.9 Å². The normalized spacial score (nSPS) is 9.87. The minimum absolute atomic E-state index is 0.174. The van der Waals surface area contributed by atoms with Crippen molar-refractivity contribution in [3.05, 3.63) is 22.2 Å². The van der Waals surface area contributed by atoms with E-state index >= 15 is 0 Å². The number of carbonyl (C=O) groups excluding carboxylic acids is 1. The first-order chi connectivity index (χ1) is 7.08. The number of carbonyl (C=O) groups is 1. The summed E-state index contributed by atoms with van der Waals surface area (Å²) in [6.07, 6.45) is 1.68. The van der Waals surface area contributed by atoms with Crippen molar-refractivity contribution < 1.29 is 9.53 Å². The zero-order valence-electron chi connectivity index (χ0n) is 8.14. The third kappa shape index (κ3) is 3.19. The molecule has 0 aliphatic rings. The van der Waals surface area contributed by atoms with Crippen LogP contribution in [0.2, 0.25) is 10.0 Å². The monoisotopic (exact) mass is 265 g/mol. The summed E-state index contributed by atoms with van der Waals surface area (Å²) in [5.41, 5.74) is 0.546. The summed E-state index contributed by atoms with van der Waals surface area (Å²) >= 11 is 12.9. The molecule has 0 radical (unpaired) electrons. The number of nitrogens with one attached hydrogen (secondary N) is 1. The number of hydrogen-bond donors (Lipinski definition) is 1. The molecule has 1 N–H and O–H groups in total. The molecule has 0 atom stereocenters. The first-order valence-electron chi connectivity index (χ1n) is 3.96. The molecule has 0 saturated heterocycles.